The van der Waals surface area contributed by atoms with Crippen LogP contribution in [0, 0.1) is 22.7 Å². The number of carbonyl (C=O) groups is 1. The number of nitrogens with zero attached hydrogens (tertiary/aromatic N) is 6. The van der Waals surface area contributed by atoms with Crippen molar-refractivity contribution in [2.75, 3.05) is 38.6 Å². The minimum atomic E-state index is -0.303. The Balaban J connectivity index is 1.35. The lowest BCUT2D eigenvalue weighted by molar-refractivity contribution is 0.0822. The maximum absolute atomic E-state index is 15.5. The summed E-state index contributed by atoms with van der Waals surface area (Å²) in [5.41, 5.74) is 2.07. The number of likely N-dealkylation sites (tertiary alicyclic amines) is 1. The van der Waals surface area contributed by atoms with E-state index in [9.17, 15) is 15.2 Å². The second-order valence-corrected chi connectivity index (χ2v) is 11.0. The van der Waals surface area contributed by atoms with Crippen molar-refractivity contribution >= 4 is 17.4 Å². The fourth-order valence-electron chi connectivity index (χ4n) is 6.40. The van der Waals surface area contributed by atoms with Crippen LogP contribution in [0.5, 0.6) is 0 Å². The highest BCUT2D eigenvalue weighted by Crippen LogP contribution is 2.44. The lowest BCUT2D eigenvalue weighted by atomic mass is 9.77. The normalized spacial score (nSPS) is 26.6. The Morgan fingerprint density at radius 1 is 1.16 bits per heavy atom. The molecule has 3 fully saturated rings. The molecule has 1 atom stereocenters. The van der Waals surface area contributed by atoms with Gasteiger partial charge in [0.25, 0.3) is 5.91 Å². The molecule has 2 aliphatic heterocycles. The van der Waals surface area contributed by atoms with Crippen LogP contribution in [0.25, 0.3) is 11.1 Å². The van der Waals surface area contributed by atoms with Gasteiger partial charge in [0.05, 0.1) is 11.8 Å². The molecule has 1 aromatic heterocycles. The van der Waals surface area contributed by atoms with Gasteiger partial charge in [-0.1, -0.05) is 12.1 Å². The van der Waals surface area contributed by atoms with Crippen LogP contribution in [-0.4, -0.2) is 77.5 Å². The number of amides is 1. The summed E-state index contributed by atoms with van der Waals surface area (Å²) >= 11 is 0. The second-order valence-electron chi connectivity index (χ2n) is 11.0. The molecule has 1 unspecified atom stereocenters. The van der Waals surface area contributed by atoms with Gasteiger partial charge in [-0.05, 0) is 68.7 Å². The van der Waals surface area contributed by atoms with Crippen molar-refractivity contribution in [2.45, 2.75) is 57.1 Å². The Hall–Kier alpha value is -3.51. The molecule has 3 heterocycles. The van der Waals surface area contributed by atoms with Crippen molar-refractivity contribution in [3.05, 3.63) is 48.0 Å². The summed E-state index contributed by atoms with van der Waals surface area (Å²) in [5.74, 6) is 0.368. The maximum atomic E-state index is 15.5. The smallest absolute Gasteiger partial charge is 0.271 e. The van der Waals surface area contributed by atoms with Gasteiger partial charge < -0.3 is 19.8 Å². The van der Waals surface area contributed by atoms with E-state index in [-0.39, 0.29) is 23.2 Å². The highest BCUT2D eigenvalue weighted by molar-refractivity contribution is 5.93. The predicted octanol–water partition coefficient (Wildman–Crippen LogP) is 4.06. The van der Waals surface area contributed by atoms with Crippen molar-refractivity contribution in [1.82, 2.24) is 14.8 Å². The van der Waals surface area contributed by atoms with Crippen LogP contribution < -0.4 is 4.90 Å². The average Bonchev–Trinajstić information content (AvgIpc) is 3.25. The summed E-state index contributed by atoms with van der Waals surface area (Å²) in [6.45, 7) is 2.21. The standard InChI is InChI=1S/C29H35FN6O2/c1-34(2)27(38)25-10-4-21(17-32-25)20-5-11-26(24(30)16-20)35-14-3-12-29(18-35)13-15-36(28(29)33-19-31)22-6-8-23(37)9-7-22/h4-5,10-11,16-17,22-23,37H,3,6-9,12-15,18H2,1-2H3/b33-28+. The van der Waals surface area contributed by atoms with E-state index in [0.717, 1.165) is 69.4 Å². The quantitative estimate of drug-likeness (QED) is 0.613. The number of amidine groups is 1. The second kappa shape index (κ2) is 10.7. The maximum Gasteiger partial charge on any atom is 0.271 e. The van der Waals surface area contributed by atoms with Gasteiger partial charge in [0.2, 0.25) is 6.19 Å². The van der Waals surface area contributed by atoms with E-state index in [1.807, 2.05) is 18.3 Å². The molecular weight excluding hydrogens is 483 g/mol. The minimum Gasteiger partial charge on any atom is -0.393 e. The molecule has 1 spiro atoms. The largest absolute Gasteiger partial charge is 0.393 e. The highest BCUT2D eigenvalue weighted by Gasteiger charge is 2.49. The van der Waals surface area contributed by atoms with Crippen LogP contribution in [0.15, 0.2) is 41.5 Å². The van der Waals surface area contributed by atoms with E-state index in [2.05, 4.69) is 19.8 Å². The number of hydrogen-bond acceptors (Lipinski definition) is 6. The first-order valence-electron chi connectivity index (χ1n) is 13.5. The number of hydrogen-bond donors (Lipinski definition) is 1. The molecule has 3 aliphatic rings. The summed E-state index contributed by atoms with van der Waals surface area (Å²) in [5, 5.41) is 19.5. The molecule has 2 saturated heterocycles. The number of piperidine rings is 1. The van der Waals surface area contributed by atoms with Gasteiger partial charge in [-0.15, -0.1) is 0 Å². The minimum absolute atomic E-state index is 0.178. The molecule has 0 radical (unpaired) electrons. The number of aliphatic imine (C=N–C) groups is 1. The van der Waals surface area contributed by atoms with E-state index in [1.54, 1.807) is 32.4 Å². The molecule has 1 amide bonds. The van der Waals surface area contributed by atoms with Crippen molar-refractivity contribution < 1.29 is 14.3 Å². The first-order chi connectivity index (χ1) is 18.3. The first-order valence-corrected chi connectivity index (χ1v) is 13.5. The van der Waals surface area contributed by atoms with Crippen LogP contribution in [0.4, 0.5) is 10.1 Å². The molecule has 8 nitrogen and oxygen atoms in total. The van der Waals surface area contributed by atoms with Crippen LogP contribution >= 0.6 is 0 Å². The number of carbonyl (C=O) groups excluding carboxylic acids is 1. The topological polar surface area (TPSA) is 96.1 Å². The molecule has 1 N–H and O–H groups in total. The highest BCUT2D eigenvalue weighted by atomic mass is 19.1. The number of benzene rings is 1. The molecule has 0 bridgehead atoms. The Labute approximate surface area is 223 Å². The molecular formula is C29H35FN6O2. The predicted molar refractivity (Wildman–Crippen MR) is 144 cm³/mol. The van der Waals surface area contributed by atoms with E-state index >= 15 is 4.39 Å². The average molecular weight is 519 g/mol. The summed E-state index contributed by atoms with van der Waals surface area (Å²) < 4.78 is 15.5. The molecule has 2 aromatic rings. The summed E-state index contributed by atoms with van der Waals surface area (Å²) in [6.07, 6.45) is 9.50. The molecule has 5 rings (SSSR count). The third-order valence-electron chi connectivity index (χ3n) is 8.43. The van der Waals surface area contributed by atoms with E-state index < -0.39 is 0 Å². The van der Waals surface area contributed by atoms with Crippen molar-refractivity contribution in [3.8, 4) is 17.3 Å². The Morgan fingerprint density at radius 3 is 2.58 bits per heavy atom. The number of halogens is 1. The molecule has 38 heavy (non-hydrogen) atoms. The van der Waals surface area contributed by atoms with E-state index in [1.165, 1.54) is 11.0 Å². The Kier molecular flexibility index (Phi) is 7.35. The van der Waals surface area contributed by atoms with Gasteiger partial charge in [0.15, 0.2) is 0 Å². The summed E-state index contributed by atoms with van der Waals surface area (Å²) in [4.78, 5) is 26.6. The van der Waals surface area contributed by atoms with Gasteiger partial charge in [-0.3, -0.25) is 9.78 Å². The number of pyridine rings is 1. The van der Waals surface area contributed by atoms with Gasteiger partial charge in [0, 0.05) is 56.9 Å². The van der Waals surface area contributed by atoms with Crippen LogP contribution in [-0.2, 0) is 0 Å². The third-order valence-corrected chi connectivity index (χ3v) is 8.43. The zero-order chi connectivity index (χ0) is 26.9. The first kappa shape index (κ1) is 26.1. The number of rotatable bonds is 4. The molecule has 1 saturated carbocycles. The lowest BCUT2D eigenvalue weighted by Gasteiger charge is -2.43. The fourth-order valence-corrected chi connectivity index (χ4v) is 6.40. The fraction of sp³-hybridized carbons (Fsp3) is 0.517. The van der Waals surface area contributed by atoms with Crippen LogP contribution in [0.1, 0.15) is 55.4 Å². The van der Waals surface area contributed by atoms with Gasteiger partial charge in [0.1, 0.15) is 17.3 Å². The summed E-state index contributed by atoms with van der Waals surface area (Å²) in [6, 6.07) is 8.98. The SMILES string of the molecule is CN(C)C(=O)c1ccc(-c2ccc(N3CCCC4(CCN(C5CCC(O)CC5)/C4=N/C#N)C3)c(F)c2)cn1. The van der Waals surface area contributed by atoms with Gasteiger partial charge in [-0.25, -0.2) is 4.39 Å². The van der Waals surface area contributed by atoms with E-state index in [0.29, 0.717) is 29.5 Å². The van der Waals surface area contributed by atoms with Gasteiger partial charge >= 0.3 is 0 Å². The number of aliphatic hydroxyl groups excluding tert-OH is 1. The molecule has 200 valence electrons. The van der Waals surface area contributed by atoms with E-state index in [4.69, 9.17) is 0 Å². The number of aromatic nitrogens is 1. The molecule has 1 aromatic carbocycles. The number of anilines is 1. The Bertz CT molecular complexity index is 1250. The van der Waals surface area contributed by atoms with Crippen molar-refractivity contribution in [1.29, 1.82) is 5.26 Å². The zero-order valence-electron chi connectivity index (χ0n) is 22.1. The van der Waals surface area contributed by atoms with Crippen LogP contribution in [0.3, 0.4) is 0 Å². The zero-order valence-corrected chi connectivity index (χ0v) is 22.1. The van der Waals surface area contributed by atoms with Crippen molar-refractivity contribution in [2.24, 2.45) is 10.4 Å². The number of nitriles is 1. The van der Waals surface area contributed by atoms with Gasteiger partial charge in [-0.2, -0.15) is 10.3 Å². The lowest BCUT2D eigenvalue weighted by Crippen LogP contribution is -2.50. The molecule has 9 heteroatoms. The monoisotopic (exact) mass is 518 g/mol. The van der Waals surface area contributed by atoms with Crippen LogP contribution in [0.2, 0.25) is 0 Å². The Morgan fingerprint density at radius 2 is 1.92 bits per heavy atom. The van der Waals surface area contributed by atoms with Crippen molar-refractivity contribution in [3.63, 3.8) is 0 Å². The molecule has 1 aliphatic carbocycles. The number of aliphatic hydroxyl groups is 1. The summed E-state index contributed by atoms with van der Waals surface area (Å²) in [7, 11) is 3.35. The third kappa shape index (κ3) is 4.97.